The second-order valence-electron chi connectivity index (χ2n) is 7.88. The van der Waals surface area contributed by atoms with Crippen molar-refractivity contribution in [3.8, 4) is 5.69 Å². The topological polar surface area (TPSA) is 55.3 Å². The van der Waals surface area contributed by atoms with Crippen LogP contribution in [-0.4, -0.2) is 33.9 Å². The average molecular weight is 395 g/mol. The highest BCUT2D eigenvalue weighted by Gasteiger charge is 2.26. The van der Waals surface area contributed by atoms with Gasteiger partial charge in [0.15, 0.2) is 0 Å². The SMILES string of the molecule is Cc1ccc(C(CNCc2c(C)n(C)n(-c3ccccc3)c2=O)N2CCCC2)o1. The Balaban J connectivity index is 1.52. The third-order valence-corrected chi connectivity index (χ3v) is 5.98. The average Bonchev–Trinajstić information content (AvgIpc) is 3.44. The lowest BCUT2D eigenvalue weighted by Gasteiger charge is -2.26. The minimum absolute atomic E-state index is 0.0373. The summed E-state index contributed by atoms with van der Waals surface area (Å²) in [5.41, 5.74) is 2.72. The summed E-state index contributed by atoms with van der Waals surface area (Å²) in [6.07, 6.45) is 2.46. The van der Waals surface area contributed by atoms with Crippen LogP contribution in [0.2, 0.25) is 0 Å². The van der Waals surface area contributed by atoms with Crippen molar-refractivity contribution in [3.63, 3.8) is 0 Å². The van der Waals surface area contributed by atoms with E-state index in [0.717, 1.165) is 48.1 Å². The first kappa shape index (κ1) is 19.7. The molecule has 0 spiro atoms. The summed E-state index contributed by atoms with van der Waals surface area (Å²) in [7, 11) is 1.94. The Hall–Kier alpha value is -2.57. The third-order valence-electron chi connectivity index (χ3n) is 5.98. The van der Waals surface area contributed by atoms with Crippen molar-refractivity contribution in [2.24, 2.45) is 7.05 Å². The molecule has 6 heteroatoms. The van der Waals surface area contributed by atoms with E-state index in [9.17, 15) is 4.79 Å². The molecule has 3 aromatic rings. The number of aryl methyl sites for hydroxylation is 1. The number of benzene rings is 1. The Morgan fingerprint density at radius 2 is 1.79 bits per heavy atom. The fourth-order valence-electron chi connectivity index (χ4n) is 4.26. The molecule has 0 saturated carbocycles. The zero-order chi connectivity index (χ0) is 20.4. The van der Waals surface area contributed by atoms with Crippen LogP contribution >= 0.6 is 0 Å². The first-order valence-electron chi connectivity index (χ1n) is 10.4. The zero-order valence-electron chi connectivity index (χ0n) is 17.5. The van der Waals surface area contributed by atoms with E-state index in [-0.39, 0.29) is 11.6 Å². The molecule has 2 aromatic heterocycles. The van der Waals surface area contributed by atoms with Gasteiger partial charge in [0.2, 0.25) is 0 Å². The van der Waals surface area contributed by atoms with Gasteiger partial charge in [0.1, 0.15) is 11.5 Å². The molecule has 154 valence electrons. The van der Waals surface area contributed by atoms with E-state index < -0.39 is 0 Å². The van der Waals surface area contributed by atoms with Crippen LogP contribution in [0.25, 0.3) is 5.69 Å². The number of furan rings is 1. The molecule has 1 aliphatic heterocycles. The lowest BCUT2D eigenvalue weighted by molar-refractivity contribution is 0.207. The summed E-state index contributed by atoms with van der Waals surface area (Å²) in [6.45, 7) is 7.48. The molecule has 29 heavy (non-hydrogen) atoms. The van der Waals surface area contributed by atoms with Crippen LogP contribution in [0.15, 0.2) is 51.7 Å². The van der Waals surface area contributed by atoms with Crippen molar-refractivity contribution in [3.05, 3.63) is 75.6 Å². The highest BCUT2D eigenvalue weighted by atomic mass is 16.3. The molecule has 4 rings (SSSR count). The van der Waals surface area contributed by atoms with E-state index in [1.807, 2.05) is 62.0 Å². The summed E-state index contributed by atoms with van der Waals surface area (Å²) < 4.78 is 9.61. The predicted octanol–water partition coefficient (Wildman–Crippen LogP) is 3.31. The highest BCUT2D eigenvalue weighted by Crippen LogP contribution is 2.26. The molecule has 0 amide bonds. The van der Waals surface area contributed by atoms with E-state index in [1.165, 1.54) is 12.8 Å². The number of hydrogen-bond donors (Lipinski definition) is 1. The molecule has 0 radical (unpaired) electrons. The maximum atomic E-state index is 13.1. The minimum atomic E-state index is 0.0373. The molecule has 1 N–H and O–H groups in total. The lowest BCUT2D eigenvalue weighted by Crippen LogP contribution is -2.34. The largest absolute Gasteiger partial charge is 0.465 e. The van der Waals surface area contributed by atoms with Crippen LogP contribution in [0.1, 0.15) is 41.7 Å². The number of hydrogen-bond acceptors (Lipinski definition) is 4. The standard InChI is InChI=1S/C23H30N4O2/c1-17-11-12-22(29-17)21(26-13-7-8-14-26)16-24-15-20-18(2)25(3)27(23(20)28)19-9-5-4-6-10-19/h4-6,9-12,21,24H,7-8,13-16H2,1-3H3. The Morgan fingerprint density at radius 3 is 2.45 bits per heavy atom. The van der Waals surface area contributed by atoms with Gasteiger partial charge in [0, 0.05) is 25.8 Å². The van der Waals surface area contributed by atoms with Gasteiger partial charge in [0.25, 0.3) is 5.56 Å². The van der Waals surface area contributed by atoms with Crippen molar-refractivity contribution in [1.82, 2.24) is 19.6 Å². The number of nitrogens with one attached hydrogen (secondary N) is 1. The van der Waals surface area contributed by atoms with Gasteiger partial charge in [-0.25, -0.2) is 4.68 Å². The van der Waals surface area contributed by atoms with Crippen LogP contribution in [0.3, 0.4) is 0 Å². The van der Waals surface area contributed by atoms with Gasteiger partial charge in [-0.15, -0.1) is 0 Å². The van der Waals surface area contributed by atoms with Gasteiger partial charge < -0.3 is 9.73 Å². The van der Waals surface area contributed by atoms with Crippen molar-refractivity contribution < 1.29 is 4.42 Å². The van der Waals surface area contributed by atoms with Crippen LogP contribution in [0, 0.1) is 13.8 Å². The van der Waals surface area contributed by atoms with Crippen LogP contribution in [-0.2, 0) is 13.6 Å². The smallest absolute Gasteiger partial charge is 0.276 e. The second kappa shape index (κ2) is 8.43. The van der Waals surface area contributed by atoms with Gasteiger partial charge >= 0.3 is 0 Å². The summed E-state index contributed by atoms with van der Waals surface area (Å²) in [5, 5.41) is 3.53. The van der Waals surface area contributed by atoms with Gasteiger partial charge in [-0.05, 0) is 64.0 Å². The number of aromatic nitrogens is 2. The summed E-state index contributed by atoms with van der Waals surface area (Å²) in [5.74, 6) is 1.94. The van der Waals surface area contributed by atoms with E-state index in [4.69, 9.17) is 4.42 Å². The first-order chi connectivity index (χ1) is 14.1. The predicted molar refractivity (Wildman–Crippen MR) is 114 cm³/mol. The maximum absolute atomic E-state index is 13.1. The van der Waals surface area contributed by atoms with Crippen LogP contribution in [0.4, 0.5) is 0 Å². The fraction of sp³-hybridized carbons (Fsp3) is 0.435. The lowest BCUT2D eigenvalue weighted by atomic mass is 10.2. The number of nitrogens with zero attached hydrogens (tertiary/aromatic N) is 3. The van der Waals surface area contributed by atoms with Gasteiger partial charge in [-0.3, -0.25) is 14.4 Å². The monoisotopic (exact) mass is 394 g/mol. The zero-order valence-corrected chi connectivity index (χ0v) is 17.5. The summed E-state index contributed by atoms with van der Waals surface area (Å²) >= 11 is 0. The van der Waals surface area contributed by atoms with Crippen LogP contribution in [0.5, 0.6) is 0 Å². The Bertz CT molecular complexity index is 1010. The van der Waals surface area contributed by atoms with E-state index in [2.05, 4.69) is 16.3 Å². The molecule has 1 fully saturated rings. The number of para-hydroxylation sites is 1. The van der Waals surface area contributed by atoms with Gasteiger partial charge in [-0.1, -0.05) is 18.2 Å². The minimum Gasteiger partial charge on any atom is -0.465 e. The molecule has 0 bridgehead atoms. The maximum Gasteiger partial charge on any atom is 0.276 e. The van der Waals surface area contributed by atoms with Crippen molar-refractivity contribution in [1.29, 1.82) is 0 Å². The summed E-state index contributed by atoms with van der Waals surface area (Å²) in [4.78, 5) is 15.6. The van der Waals surface area contributed by atoms with E-state index in [1.54, 1.807) is 4.68 Å². The molecule has 0 aliphatic carbocycles. The van der Waals surface area contributed by atoms with Crippen molar-refractivity contribution in [2.75, 3.05) is 19.6 Å². The number of likely N-dealkylation sites (tertiary alicyclic amines) is 1. The molecule has 1 aliphatic rings. The van der Waals surface area contributed by atoms with Crippen LogP contribution < -0.4 is 10.9 Å². The van der Waals surface area contributed by atoms with E-state index in [0.29, 0.717) is 6.54 Å². The molecule has 1 aromatic carbocycles. The Labute approximate surface area is 171 Å². The quantitative estimate of drug-likeness (QED) is 0.668. The van der Waals surface area contributed by atoms with E-state index >= 15 is 0 Å². The molecule has 3 heterocycles. The van der Waals surface area contributed by atoms with Gasteiger partial charge in [0.05, 0.1) is 17.3 Å². The third kappa shape index (κ3) is 3.95. The highest BCUT2D eigenvalue weighted by molar-refractivity contribution is 5.33. The molecule has 1 unspecified atom stereocenters. The Morgan fingerprint density at radius 1 is 1.07 bits per heavy atom. The first-order valence-corrected chi connectivity index (χ1v) is 10.4. The van der Waals surface area contributed by atoms with Crippen molar-refractivity contribution >= 4 is 0 Å². The molecule has 1 saturated heterocycles. The number of rotatable bonds is 7. The fourth-order valence-corrected chi connectivity index (χ4v) is 4.26. The molecular weight excluding hydrogens is 364 g/mol. The van der Waals surface area contributed by atoms with Crippen molar-refractivity contribution in [2.45, 2.75) is 39.3 Å². The second-order valence-corrected chi connectivity index (χ2v) is 7.88. The Kier molecular flexibility index (Phi) is 5.74. The van der Waals surface area contributed by atoms with Gasteiger partial charge in [-0.2, -0.15) is 0 Å². The molecule has 6 nitrogen and oxygen atoms in total. The molecule has 1 atom stereocenters. The summed E-state index contributed by atoms with van der Waals surface area (Å²) in [6, 6.07) is 14.1. The molecular formula is C23H30N4O2. The normalized spacial score (nSPS) is 15.8.